The summed E-state index contributed by atoms with van der Waals surface area (Å²) < 4.78 is 58.8. The molecule has 0 radical (unpaired) electrons. The van der Waals surface area contributed by atoms with Gasteiger partial charge in [-0.3, -0.25) is 0 Å². The molecule has 0 fully saturated rings. The summed E-state index contributed by atoms with van der Waals surface area (Å²) in [6.07, 6.45) is 0. The van der Waals surface area contributed by atoms with Crippen molar-refractivity contribution in [3.05, 3.63) is 161 Å². The van der Waals surface area contributed by atoms with Crippen molar-refractivity contribution in [1.82, 2.24) is 15.0 Å². The van der Waals surface area contributed by atoms with Crippen LogP contribution in [0.5, 0.6) is 0 Å². The largest absolute Gasteiger partial charge is 0.262 e. The number of benzene rings is 6. The molecule has 2 aromatic heterocycles. The van der Waals surface area contributed by atoms with Gasteiger partial charge in [0, 0.05) is 27.3 Å². The fraction of sp³-hybridized carbons (Fsp3) is 0. The Morgan fingerprint density at radius 3 is 1.71 bits per heavy atom. The smallest absolute Gasteiger partial charge is 0.247 e. The van der Waals surface area contributed by atoms with E-state index in [0.29, 0.717) is 55.8 Å². The summed E-state index contributed by atoms with van der Waals surface area (Å²) in [6, 6.07) is 33.2. The van der Waals surface area contributed by atoms with Crippen LogP contribution < -0.4 is 0 Å². The predicted octanol–water partition coefficient (Wildman–Crippen LogP) is 11.5. The van der Waals surface area contributed by atoms with Crippen LogP contribution in [-0.2, 0) is 0 Å². The minimum Gasteiger partial charge on any atom is -0.247 e. The molecular weight excluding hydrogens is 664 g/mol. The lowest BCUT2D eigenvalue weighted by atomic mass is 9.96. The van der Waals surface area contributed by atoms with Crippen LogP contribution in [0.2, 0.25) is 0 Å². The number of pyridine rings is 1. The average molecular weight is 683 g/mol. The molecule has 0 N–H and O–H groups in total. The Balaban J connectivity index is 1.37. The van der Waals surface area contributed by atoms with Gasteiger partial charge in [-0.05, 0) is 41.5 Å². The van der Waals surface area contributed by atoms with Crippen molar-refractivity contribution in [2.75, 3.05) is 0 Å². The summed E-state index contributed by atoms with van der Waals surface area (Å²) in [4.78, 5) is 21.4. The molecule has 6 nitrogen and oxygen atoms in total. The first-order chi connectivity index (χ1) is 25.3. The molecule has 0 bridgehead atoms. The Morgan fingerprint density at radius 2 is 1.08 bits per heavy atom. The van der Waals surface area contributed by atoms with Crippen LogP contribution in [0.1, 0.15) is 5.56 Å². The molecule has 0 aliphatic heterocycles. The second-order valence-corrected chi connectivity index (χ2v) is 11.8. The van der Waals surface area contributed by atoms with E-state index in [9.17, 15) is 22.8 Å². The molecule has 0 saturated carbocycles. The third-order valence-corrected chi connectivity index (χ3v) is 8.85. The van der Waals surface area contributed by atoms with Gasteiger partial charge in [0.15, 0.2) is 29.0 Å². The quantitative estimate of drug-likeness (QED) is 0.0802. The van der Waals surface area contributed by atoms with E-state index in [1.165, 1.54) is 12.1 Å². The maximum absolute atomic E-state index is 14.9. The molecule has 52 heavy (non-hydrogen) atoms. The molecule has 10 heteroatoms. The highest BCUT2D eigenvalue weighted by atomic mass is 19.2. The van der Waals surface area contributed by atoms with Gasteiger partial charge in [-0.15, -0.1) is 0 Å². The summed E-state index contributed by atoms with van der Waals surface area (Å²) in [7, 11) is 0. The summed E-state index contributed by atoms with van der Waals surface area (Å²) in [6.45, 7) is 14.3. The number of fused-ring (bicyclic) bond motifs is 5. The molecule has 0 atom stereocenters. The van der Waals surface area contributed by atoms with E-state index in [1.807, 2.05) is 60.7 Å². The second-order valence-electron chi connectivity index (χ2n) is 11.8. The highest BCUT2D eigenvalue weighted by Gasteiger charge is 2.27. The lowest BCUT2D eigenvalue weighted by Crippen LogP contribution is -2.00. The van der Waals surface area contributed by atoms with Gasteiger partial charge >= 0.3 is 0 Å². The van der Waals surface area contributed by atoms with E-state index >= 15 is 0 Å². The van der Waals surface area contributed by atoms with E-state index in [2.05, 4.69) is 15.8 Å². The van der Waals surface area contributed by atoms with E-state index < -0.39 is 34.5 Å². The minimum atomic E-state index is -1.76. The number of rotatable bonds is 4. The monoisotopic (exact) mass is 682 g/mol. The Labute approximate surface area is 293 Å². The summed E-state index contributed by atoms with van der Waals surface area (Å²) >= 11 is 0. The van der Waals surface area contributed by atoms with Gasteiger partial charge in [0.2, 0.25) is 0 Å². The minimum absolute atomic E-state index is 0.126. The Hall–Kier alpha value is -7.48. The third kappa shape index (κ3) is 5.05. The lowest BCUT2D eigenvalue weighted by molar-refractivity contribution is 0.465. The standard InChI is InChI=1S/C42H18F4N6/c1-48-27-17-15-26(16-18-27)39-40(25-9-7-22(21-47)8-10-25)52-41-31(51-39)20-19-29-33(41)28-5-3-4-6-30(28)50-38(29)24-13-11-23(12-14-24)32-34(43)36(45)42(49-2)37(46)35(32)44/h3-20H. The summed E-state index contributed by atoms with van der Waals surface area (Å²) in [5.74, 6) is -6.83. The molecule has 0 aliphatic rings. The van der Waals surface area contributed by atoms with E-state index in [1.54, 1.807) is 36.4 Å². The first kappa shape index (κ1) is 31.8. The van der Waals surface area contributed by atoms with E-state index in [0.717, 1.165) is 21.9 Å². The van der Waals surface area contributed by atoms with E-state index in [4.69, 9.17) is 28.1 Å². The van der Waals surface area contributed by atoms with Gasteiger partial charge in [-0.25, -0.2) is 42.2 Å². The fourth-order valence-electron chi connectivity index (χ4n) is 6.34. The van der Waals surface area contributed by atoms with Crippen molar-refractivity contribution >= 4 is 44.1 Å². The van der Waals surface area contributed by atoms with Crippen molar-refractivity contribution < 1.29 is 17.6 Å². The van der Waals surface area contributed by atoms with Crippen LogP contribution in [0, 0.1) is 47.7 Å². The highest BCUT2D eigenvalue weighted by Crippen LogP contribution is 2.41. The normalized spacial score (nSPS) is 11.0. The maximum Gasteiger partial charge on any atom is 0.262 e. The number of nitriles is 1. The average Bonchev–Trinajstić information content (AvgIpc) is 3.19. The number of aromatic nitrogens is 3. The van der Waals surface area contributed by atoms with Crippen LogP contribution in [0.25, 0.3) is 87.3 Å². The molecule has 8 aromatic rings. The first-order valence-electron chi connectivity index (χ1n) is 15.7. The second kappa shape index (κ2) is 12.4. The zero-order chi connectivity index (χ0) is 36.1. The van der Waals surface area contributed by atoms with Crippen molar-refractivity contribution in [2.24, 2.45) is 0 Å². The number of para-hydroxylation sites is 1. The lowest BCUT2D eigenvalue weighted by Gasteiger charge is -2.15. The fourth-order valence-corrected chi connectivity index (χ4v) is 6.34. The molecule has 0 spiro atoms. The van der Waals surface area contributed by atoms with E-state index in [-0.39, 0.29) is 5.56 Å². The van der Waals surface area contributed by atoms with Crippen LogP contribution in [0.4, 0.5) is 28.9 Å². The van der Waals surface area contributed by atoms with Crippen molar-refractivity contribution in [3.63, 3.8) is 0 Å². The Morgan fingerprint density at radius 1 is 0.519 bits per heavy atom. The molecule has 0 saturated heterocycles. The number of nitrogens with zero attached hydrogens (tertiary/aromatic N) is 6. The molecule has 0 aliphatic carbocycles. The maximum atomic E-state index is 14.9. The van der Waals surface area contributed by atoms with Crippen LogP contribution in [0.15, 0.2) is 109 Å². The van der Waals surface area contributed by atoms with Gasteiger partial charge in [-0.1, -0.05) is 78.9 Å². The molecular formula is C42H18F4N6. The molecule has 2 heterocycles. The Kier molecular flexibility index (Phi) is 7.60. The first-order valence-corrected chi connectivity index (χ1v) is 15.7. The molecule has 0 unspecified atom stereocenters. The van der Waals surface area contributed by atoms with Crippen LogP contribution in [-0.4, -0.2) is 15.0 Å². The topological polar surface area (TPSA) is 71.2 Å². The van der Waals surface area contributed by atoms with Crippen molar-refractivity contribution in [3.8, 4) is 51.0 Å². The third-order valence-electron chi connectivity index (χ3n) is 8.85. The van der Waals surface area contributed by atoms with Crippen LogP contribution >= 0.6 is 0 Å². The Bertz CT molecular complexity index is 2870. The zero-order valence-electron chi connectivity index (χ0n) is 26.6. The van der Waals surface area contributed by atoms with Gasteiger partial charge in [0.1, 0.15) is 0 Å². The van der Waals surface area contributed by atoms with Crippen LogP contribution in [0.3, 0.4) is 0 Å². The molecule has 6 aromatic carbocycles. The molecule has 244 valence electrons. The number of hydrogen-bond donors (Lipinski definition) is 0. The van der Waals surface area contributed by atoms with Crippen molar-refractivity contribution in [1.29, 1.82) is 5.26 Å². The number of hydrogen-bond acceptors (Lipinski definition) is 4. The predicted molar refractivity (Wildman–Crippen MR) is 191 cm³/mol. The summed E-state index contributed by atoms with van der Waals surface area (Å²) in [5, 5.41) is 11.7. The zero-order valence-corrected chi connectivity index (χ0v) is 26.6. The molecule has 0 amide bonds. The molecule has 8 rings (SSSR count). The van der Waals surface area contributed by atoms with Gasteiger partial charge in [-0.2, -0.15) is 5.26 Å². The highest BCUT2D eigenvalue weighted by molar-refractivity contribution is 6.21. The van der Waals surface area contributed by atoms with Gasteiger partial charge in [0.25, 0.3) is 5.69 Å². The van der Waals surface area contributed by atoms with Gasteiger partial charge < -0.3 is 0 Å². The van der Waals surface area contributed by atoms with Gasteiger partial charge in [0.05, 0.1) is 64.0 Å². The van der Waals surface area contributed by atoms with Crippen molar-refractivity contribution in [2.45, 2.75) is 0 Å². The SMILES string of the molecule is [C-]#[N+]c1ccc(-c2nc3ccc4c(-c5ccc(-c6c(F)c(F)c([N+]#[C-])c(F)c6F)cc5)nc5ccccc5c4c3nc2-c2ccc(C#N)cc2)cc1. The summed E-state index contributed by atoms with van der Waals surface area (Å²) in [5.41, 5.74) is 4.06. The number of halogens is 4.